The number of nitrogens with one attached hydrogen (secondary N) is 1. The summed E-state index contributed by atoms with van der Waals surface area (Å²) in [6, 6.07) is 3.39. The van der Waals surface area contributed by atoms with Crippen molar-refractivity contribution >= 4 is 17.6 Å². The van der Waals surface area contributed by atoms with E-state index in [-0.39, 0.29) is 17.4 Å². The first-order chi connectivity index (χ1) is 9.72. The zero-order valence-electron chi connectivity index (χ0n) is 12.0. The fourth-order valence-electron chi connectivity index (χ4n) is 1.69. The average molecular weight is 295 g/mol. The number of nitrogens with two attached hydrogens (primary N) is 1. The Kier molecular flexibility index (Phi) is 5.23. The van der Waals surface area contributed by atoms with Gasteiger partial charge in [0.2, 0.25) is 0 Å². The second-order valence-electron chi connectivity index (χ2n) is 4.86. The number of carbonyl (C=O) groups excluding carboxylic acids is 2. The number of urea groups is 1. The number of imide groups is 1. The van der Waals surface area contributed by atoms with E-state index in [4.69, 9.17) is 10.5 Å². The van der Waals surface area contributed by atoms with Crippen molar-refractivity contribution in [1.29, 1.82) is 0 Å². The lowest BCUT2D eigenvalue weighted by Crippen LogP contribution is -2.46. The number of amides is 3. The number of nitro benzene ring substituents is 1. The highest BCUT2D eigenvalue weighted by Gasteiger charge is 2.28. The van der Waals surface area contributed by atoms with E-state index in [2.05, 4.69) is 0 Å². The molecule has 0 unspecified atom stereocenters. The number of ether oxygens (including phenoxy) is 1. The van der Waals surface area contributed by atoms with Gasteiger partial charge in [-0.3, -0.25) is 20.2 Å². The molecule has 21 heavy (non-hydrogen) atoms. The summed E-state index contributed by atoms with van der Waals surface area (Å²) in [7, 11) is 0. The highest BCUT2D eigenvalue weighted by atomic mass is 16.6. The topological polar surface area (TPSA) is 125 Å². The van der Waals surface area contributed by atoms with Gasteiger partial charge in [0.1, 0.15) is 0 Å². The van der Waals surface area contributed by atoms with Crippen molar-refractivity contribution in [2.45, 2.75) is 26.9 Å². The van der Waals surface area contributed by atoms with Gasteiger partial charge < -0.3 is 10.5 Å². The molecule has 3 N–H and O–H groups in total. The Hall–Kier alpha value is -2.64. The van der Waals surface area contributed by atoms with Crippen LogP contribution >= 0.6 is 0 Å². The third-order valence-corrected chi connectivity index (χ3v) is 2.68. The van der Waals surface area contributed by atoms with Gasteiger partial charge in [-0.25, -0.2) is 4.79 Å². The molecule has 0 aliphatic carbocycles. The molecule has 0 fully saturated rings. The normalized spacial score (nSPS) is 11.8. The number of benzene rings is 1. The molecule has 0 saturated carbocycles. The van der Waals surface area contributed by atoms with Crippen LogP contribution in [0.1, 0.15) is 19.4 Å². The summed E-state index contributed by atoms with van der Waals surface area (Å²) < 4.78 is 5.42. The summed E-state index contributed by atoms with van der Waals surface area (Å²) in [4.78, 5) is 33.0. The van der Waals surface area contributed by atoms with E-state index in [1.165, 1.54) is 12.1 Å². The second-order valence-corrected chi connectivity index (χ2v) is 4.86. The van der Waals surface area contributed by atoms with E-state index in [9.17, 15) is 19.7 Å². The second kappa shape index (κ2) is 6.69. The molecule has 0 aliphatic heterocycles. The van der Waals surface area contributed by atoms with E-state index in [0.29, 0.717) is 5.56 Å². The molecule has 0 radical (unpaired) electrons. The number of primary amides is 1. The fourth-order valence-corrected chi connectivity index (χ4v) is 1.69. The molecule has 1 rings (SSSR count). The summed E-state index contributed by atoms with van der Waals surface area (Å²) in [5.41, 5.74) is 5.34. The number of aryl methyl sites for hydroxylation is 1. The van der Waals surface area contributed by atoms with E-state index in [1.54, 1.807) is 26.8 Å². The van der Waals surface area contributed by atoms with Gasteiger partial charge >= 0.3 is 11.7 Å². The van der Waals surface area contributed by atoms with E-state index >= 15 is 0 Å². The lowest BCUT2D eigenvalue weighted by atomic mass is 10.1. The molecule has 1 aromatic rings. The van der Waals surface area contributed by atoms with Crippen LogP contribution in [-0.2, 0) is 4.79 Å². The quantitative estimate of drug-likeness (QED) is 0.629. The Morgan fingerprint density at radius 2 is 2.00 bits per heavy atom. The van der Waals surface area contributed by atoms with Crippen molar-refractivity contribution in [3.05, 3.63) is 33.9 Å². The average Bonchev–Trinajstić information content (AvgIpc) is 2.35. The molecule has 3 amide bonds. The van der Waals surface area contributed by atoms with Crippen LogP contribution in [0, 0.1) is 23.0 Å². The minimum Gasteiger partial charge on any atom is -0.473 e. The molecule has 0 saturated heterocycles. The third-order valence-electron chi connectivity index (χ3n) is 2.68. The van der Waals surface area contributed by atoms with Gasteiger partial charge in [0.25, 0.3) is 5.91 Å². The van der Waals surface area contributed by atoms with Crippen molar-refractivity contribution in [3.63, 3.8) is 0 Å². The molecule has 1 aromatic carbocycles. The van der Waals surface area contributed by atoms with Gasteiger partial charge in [-0.2, -0.15) is 0 Å². The maximum Gasteiger partial charge on any atom is 0.318 e. The summed E-state index contributed by atoms with van der Waals surface area (Å²) >= 11 is 0. The van der Waals surface area contributed by atoms with Crippen molar-refractivity contribution in [3.8, 4) is 5.75 Å². The van der Waals surface area contributed by atoms with E-state index in [1.807, 2.05) is 5.32 Å². The predicted octanol–water partition coefficient (Wildman–Crippen LogP) is 1.50. The minimum atomic E-state index is -1.07. The first-order valence-corrected chi connectivity index (χ1v) is 6.24. The zero-order chi connectivity index (χ0) is 16.2. The maximum atomic E-state index is 11.8. The molecule has 1 atom stereocenters. The first-order valence-electron chi connectivity index (χ1n) is 6.24. The molecule has 114 valence electrons. The molecule has 0 aromatic heterocycles. The van der Waals surface area contributed by atoms with Crippen LogP contribution in [-0.4, -0.2) is 23.0 Å². The zero-order valence-corrected chi connectivity index (χ0v) is 12.0. The number of hydrogen-bond acceptors (Lipinski definition) is 5. The van der Waals surface area contributed by atoms with Gasteiger partial charge in [-0.15, -0.1) is 0 Å². The number of carbonyl (C=O) groups is 2. The predicted molar refractivity (Wildman–Crippen MR) is 74.8 cm³/mol. The van der Waals surface area contributed by atoms with Gasteiger partial charge in [0, 0.05) is 6.07 Å². The van der Waals surface area contributed by atoms with Gasteiger partial charge in [0.15, 0.2) is 11.9 Å². The lowest BCUT2D eigenvalue weighted by molar-refractivity contribution is -0.386. The molecule has 8 heteroatoms. The molecule has 0 spiro atoms. The molecule has 0 bridgehead atoms. The standard InChI is InChI=1S/C13H17N3O5/c1-7(2)11(12(17)15-13(14)18)21-10-5-4-8(3)6-9(10)16(19)20/h4-7,11H,1-3H3,(H3,14,15,17,18)/t11-/m0/s1. The van der Waals surface area contributed by atoms with Gasteiger partial charge in [-0.05, 0) is 24.5 Å². The van der Waals surface area contributed by atoms with Crippen LogP contribution < -0.4 is 15.8 Å². The van der Waals surface area contributed by atoms with Crippen LogP contribution in [0.15, 0.2) is 18.2 Å². The smallest absolute Gasteiger partial charge is 0.318 e. The summed E-state index contributed by atoms with van der Waals surface area (Å²) in [6.07, 6.45) is -1.07. The van der Waals surface area contributed by atoms with Crippen molar-refractivity contribution < 1.29 is 19.2 Å². The Balaban J connectivity index is 3.07. The summed E-state index contributed by atoms with van der Waals surface area (Å²) in [5.74, 6) is -1.10. The number of hydrogen-bond donors (Lipinski definition) is 2. The number of nitro groups is 1. The minimum absolute atomic E-state index is 0.0380. The van der Waals surface area contributed by atoms with Crippen molar-refractivity contribution in [2.24, 2.45) is 11.7 Å². The van der Waals surface area contributed by atoms with Crippen molar-refractivity contribution in [2.75, 3.05) is 0 Å². The number of nitrogens with zero attached hydrogens (tertiary/aromatic N) is 1. The highest BCUT2D eigenvalue weighted by molar-refractivity contribution is 5.96. The van der Waals surface area contributed by atoms with Gasteiger partial charge in [0.05, 0.1) is 4.92 Å². The molecular formula is C13H17N3O5. The Morgan fingerprint density at radius 1 is 1.38 bits per heavy atom. The van der Waals surface area contributed by atoms with Crippen LogP contribution in [0.25, 0.3) is 0 Å². The van der Waals surface area contributed by atoms with Crippen LogP contribution in [0.3, 0.4) is 0 Å². The van der Waals surface area contributed by atoms with Crippen LogP contribution in [0.4, 0.5) is 10.5 Å². The molecule has 0 aliphatic rings. The van der Waals surface area contributed by atoms with Crippen LogP contribution in [0.2, 0.25) is 0 Å². The van der Waals surface area contributed by atoms with E-state index in [0.717, 1.165) is 0 Å². The Morgan fingerprint density at radius 3 is 2.48 bits per heavy atom. The third kappa shape index (κ3) is 4.44. The largest absolute Gasteiger partial charge is 0.473 e. The fraction of sp³-hybridized carbons (Fsp3) is 0.385. The van der Waals surface area contributed by atoms with E-state index < -0.39 is 23.0 Å². The van der Waals surface area contributed by atoms with Gasteiger partial charge in [-0.1, -0.05) is 19.9 Å². The Labute approximate surface area is 121 Å². The molecular weight excluding hydrogens is 278 g/mol. The van der Waals surface area contributed by atoms with Crippen molar-refractivity contribution in [1.82, 2.24) is 5.32 Å². The SMILES string of the molecule is Cc1ccc(O[C@H](C(=O)NC(N)=O)C(C)C)c([N+](=O)[O-])c1. The maximum absolute atomic E-state index is 11.8. The summed E-state index contributed by atoms with van der Waals surface area (Å²) in [6.45, 7) is 5.08. The summed E-state index contributed by atoms with van der Waals surface area (Å²) in [5, 5.41) is 12.9. The lowest BCUT2D eigenvalue weighted by Gasteiger charge is -2.21. The monoisotopic (exact) mass is 295 g/mol. The molecule has 0 heterocycles. The Bertz CT molecular complexity index is 571. The first kappa shape index (κ1) is 16.4. The molecule has 8 nitrogen and oxygen atoms in total. The number of rotatable bonds is 5. The highest BCUT2D eigenvalue weighted by Crippen LogP contribution is 2.29. The van der Waals surface area contributed by atoms with Crippen LogP contribution in [0.5, 0.6) is 5.75 Å².